The van der Waals surface area contributed by atoms with Gasteiger partial charge >= 0.3 is 0 Å². The number of hydrogen-bond acceptors (Lipinski definition) is 3. The molecule has 112 valence electrons. The molecule has 1 aromatic carbocycles. The van der Waals surface area contributed by atoms with E-state index in [0.717, 1.165) is 24.2 Å². The highest BCUT2D eigenvalue weighted by molar-refractivity contribution is 5.85. The van der Waals surface area contributed by atoms with Gasteiger partial charge in [0.15, 0.2) is 0 Å². The third-order valence-electron chi connectivity index (χ3n) is 3.75. The zero-order valence-electron chi connectivity index (χ0n) is 12.3. The lowest BCUT2D eigenvalue weighted by atomic mass is 9.87. The van der Waals surface area contributed by atoms with E-state index in [2.05, 4.69) is 11.9 Å². The fourth-order valence-electron chi connectivity index (χ4n) is 2.44. The van der Waals surface area contributed by atoms with Gasteiger partial charge in [-0.3, -0.25) is 4.79 Å². The molecule has 0 saturated carbocycles. The maximum absolute atomic E-state index is 11.9. The summed E-state index contributed by atoms with van der Waals surface area (Å²) in [6, 6.07) is 9.29. The van der Waals surface area contributed by atoms with Gasteiger partial charge in [0.25, 0.3) is 0 Å². The van der Waals surface area contributed by atoms with Crippen LogP contribution in [-0.4, -0.2) is 15.5 Å². The minimum atomic E-state index is -1.16. The van der Waals surface area contributed by atoms with E-state index in [1.165, 1.54) is 0 Å². The molecule has 0 aliphatic carbocycles. The Morgan fingerprint density at radius 1 is 1.33 bits per heavy atom. The number of aromatic nitrogens is 2. The summed E-state index contributed by atoms with van der Waals surface area (Å²) in [6.45, 7) is 2.73. The molecule has 0 fully saturated rings. The first-order valence-electron chi connectivity index (χ1n) is 7.22. The molecular weight excluding hydrogens is 264 g/mol. The summed E-state index contributed by atoms with van der Waals surface area (Å²) in [5.74, 6) is 0.503. The van der Waals surface area contributed by atoms with Crippen LogP contribution in [0.3, 0.4) is 0 Å². The van der Waals surface area contributed by atoms with Crippen LogP contribution < -0.4 is 11.5 Å². The van der Waals surface area contributed by atoms with Gasteiger partial charge in [-0.25, -0.2) is 4.98 Å². The highest BCUT2D eigenvalue weighted by Crippen LogP contribution is 2.23. The van der Waals surface area contributed by atoms with Crippen LogP contribution >= 0.6 is 0 Å². The fraction of sp³-hybridized carbons (Fsp3) is 0.375. The second-order valence-corrected chi connectivity index (χ2v) is 5.24. The lowest BCUT2D eigenvalue weighted by Crippen LogP contribution is -2.49. The van der Waals surface area contributed by atoms with Gasteiger partial charge in [-0.1, -0.05) is 37.3 Å². The predicted octanol–water partition coefficient (Wildman–Crippen LogP) is 1.57. The number of rotatable bonds is 7. The maximum Gasteiger partial charge on any atom is 0.242 e. The lowest BCUT2D eigenvalue weighted by molar-refractivity contribution is -0.123. The van der Waals surface area contributed by atoms with Gasteiger partial charge in [-0.15, -0.1) is 0 Å². The zero-order valence-corrected chi connectivity index (χ0v) is 12.3. The van der Waals surface area contributed by atoms with E-state index in [4.69, 9.17) is 11.5 Å². The number of carbonyl (C=O) groups is 1. The van der Waals surface area contributed by atoms with Crippen LogP contribution in [0.2, 0.25) is 0 Å². The van der Waals surface area contributed by atoms with Crippen LogP contribution in [0, 0.1) is 0 Å². The summed E-state index contributed by atoms with van der Waals surface area (Å²) in [5.41, 5.74) is 11.4. The van der Waals surface area contributed by atoms with Crippen LogP contribution in [0.4, 0.5) is 0 Å². The monoisotopic (exact) mass is 286 g/mol. The maximum atomic E-state index is 11.9. The van der Waals surface area contributed by atoms with Crippen molar-refractivity contribution in [2.24, 2.45) is 11.5 Å². The number of primary amides is 1. The molecule has 4 N–H and O–H groups in total. The average molecular weight is 286 g/mol. The average Bonchev–Trinajstić information content (AvgIpc) is 2.93. The summed E-state index contributed by atoms with van der Waals surface area (Å²) >= 11 is 0. The van der Waals surface area contributed by atoms with Crippen LogP contribution in [0.5, 0.6) is 0 Å². The molecule has 2 rings (SSSR count). The highest BCUT2D eigenvalue weighted by Gasteiger charge is 2.33. The van der Waals surface area contributed by atoms with Gasteiger partial charge < -0.3 is 16.0 Å². The van der Waals surface area contributed by atoms with E-state index in [-0.39, 0.29) is 0 Å². The number of carbonyl (C=O) groups excluding carboxylic acids is 1. The Morgan fingerprint density at radius 3 is 2.67 bits per heavy atom. The molecule has 0 bridgehead atoms. The molecule has 21 heavy (non-hydrogen) atoms. The van der Waals surface area contributed by atoms with Gasteiger partial charge in [0, 0.05) is 25.4 Å². The first-order valence-corrected chi connectivity index (χ1v) is 7.22. The van der Waals surface area contributed by atoms with Crippen LogP contribution in [-0.2, 0) is 23.3 Å². The Hall–Kier alpha value is -2.14. The molecule has 0 radical (unpaired) electrons. The second kappa shape index (κ2) is 6.54. The SMILES string of the molecule is CCCc1nccn1CCC(N)(C(N)=O)c1ccccc1. The largest absolute Gasteiger partial charge is 0.368 e. The smallest absolute Gasteiger partial charge is 0.242 e. The van der Waals surface area contributed by atoms with Crippen molar-refractivity contribution in [2.45, 2.75) is 38.3 Å². The lowest BCUT2D eigenvalue weighted by Gasteiger charge is -2.27. The second-order valence-electron chi connectivity index (χ2n) is 5.24. The summed E-state index contributed by atoms with van der Waals surface area (Å²) in [4.78, 5) is 16.2. The number of hydrogen-bond donors (Lipinski definition) is 2. The standard InChI is InChI=1S/C16H22N4O/c1-2-6-14-19-10-12-20(14)11-9-16(18,15(17)21)13-7-4-3-5-8-13/h3-5,7-8,10,12H,2,6,9,11,18H2,1H3,(H2,17,21). The Labute approximate surface area is 125 Å². The minimum Gasteiger partial charge on any atom is -0.368 e. The first kappa shape index (κ1) is 15.3. The van der Waals surface area contributed by atoms with Gasteiger partial charge in [0.2, 0.25) is 5.91 Å². The van der Waals surface area contributed by atoms with Gasteiger partial charge in [0.1, 0.15) is 11.4 Å². The van der Waals surface area contributed by atoms with Crippen LogP contribution in [0.25, 0.3) is 0 Å². The van der Waals surface area contributed by atoms with E-state index in [9.17, 15) is 4.79 Å². The van der Waals surface area contributed by atoms with E-state index in [1.807, 2.05) is 41.1 Å². The molecule has 0 saturated heterocycles. The molecule has 1 unspecified atom stereocenters. The summed E-state index contributed by atoms with van der Waals surface area (Å²) in [7, 11) is 0. The van der Waals surface area contributed by atoms with Crippen molar-refractivity contribution in [3.05, 3.63) is 54.1 Å². The Kier molecular flexibility index (Phi) is 4.75. The molecule has 0 aliphatic heterocycles. The molecule has 5 heteroatoms. The molecule has 1 aromatic heterocycles. The van der Waals surface area contributed by atoms with E-state index in [1.54, 1.807) is 6.20 Å². The quantitative estimate of drug-likeness (QED) is 0.810. The van der Waals surface area contributed by atoms with Crippen molar-refractivity contribution in [3.8, 4) is 0 Å². The van der Waals surface area contributed by atoms with E-state index >= 15 is 0 Å². The number of nitrogens with zero attached hydrogens (tertiary/aromatic N) is 2. The van der Waals surface area contributed by atoms with Crippen molar-refractivity contribution >= 4 is 5.91 Å². The third kappa shape index (κ3) is 3.31. The van der Waals surface area contributed by atoms with Crippen LogP contribution in [0.15, 0.2) is 42.7 Å². The number of aryl methyl sites for hydroxylation is 2. The number of imidazole rings is 1. The van der Waals surface area contributed by atoms with Gasteiger partial charge in [0.05, 0.1) is 0 Å². The summed E-state index contributed by atoms with van der Waals surface area (Å²) < 4.78 is 2.04. The van der Waals surface area contributed by atoms with E-state index in [0.29, 0.717) is 13.0 Å². The van der Waals surface area contributed by atoms with Crippen molar-refractivity contribution in [2.75, 3.05) is 0 Å². The number of nitrogens with two attached hydrogens (primary N) is 2. The number of benzene rings is 1. The predicted molar refractivity (Wildman–Crippen MR) is 82.3 cm³/mol. The molecule has 0 spiro atoms. The van der Waals surface area contributed by atoms with Crippen molar-refractivity contribution < 1.29 is 4.79 Å². The number of amides is 1. The molecule has 0 aliphatic rings. The minimum absolute atomic E-state index is 0.444. The molecular formula is C16H22N4O. The van der Waals surface area contributed by atoms with Crippen molar-refractivity contribution in [1.82, 2.24) is 9.55 Å². The van der Waals surface area contributed by atoms with Gasteiger partial charge in [-0.05, 0) is 18.4 Å². The fourth-order valence-corrected chi connectivity index (χ4v) is 2.44. The molecule has 1 amide bonds. The first-order chi connectivity index (χ1) is 10.1. The Balaban J connectivity index is 2.18. The zero-order chi connectivity index (χ0) is 15.3. The highest BCUT2D eigenvalue weighted by atomic mass is 16.1. The third-order valence-corrected chi connectivity index (χ3v) is 3.75. The summed E-state index contributed by atoms with van der Waals surface area (Å²) in [6.07, 6.45) is 6.07. The van der Waals surface area contributed by atoms with Crippen molar-refractivity contribution in [1.29, 1.82) is 0 Å². The molecule has 2 aromatic rings. The molecule has 1 heterocycles. The Bertz CT molecular complexity index is 593. The molecule has 1 atom stereocenters. The topological polar surface area (TPSA) is 86.9 Å². The van der Waals surface area contributed by atoms with Crippen molar-refractivity contribution in [3.63, 3.8) is 0 Å². The summed E-state index contributed by atoms with van der Waals surface area (Å²) in [5, 5.41) is 0. The Morgan fingerprint density at radius 2 is 2.05 bits per heavy atom. The molecule has 5 nitrogen and oxygen atoms in total. The van der Waals surface area contributed by atoms with Gasteiger partial charge in [-0.2, -0.15) is 0 Å². The normalized spacial score (nSPS) is 13.8. The van der Waals surface area contributed by atoms with Crippen LogP contribution in [0.1, 0.15) is 31.2 Å². The van der Waals surface area contributed by atoms with E-state index < -0.39 is 11.4 Å².